The smallest absolute Gasteiger partial charge is 0.254 e. The van der Waals surface area contributed by atoms with Crippen molar-refractivity contribution in [2.75, 3.05) is 0 Å². The molecule has 0 atom stereocenters. The molecule has 2 rings (SSSR count). The molecule has 0 unspecified atom stereocenters. The molecule has 3 nitrogen and oxygen atoms in total. The van der Waals surface area contributed by atoms with Crippen LogP contribution in [0, 0.1) is 5.82 Å². The van der Waals surface area contributed by atoms with Crippen LogP contribution in [-0.2, 0) is 11.9 Å². The van der Waals surface area contributed by atoms with E-state index in [0.717, 1.165) is 11.8 Å². The van der Waals surface area contributed by atoms with Crippen LogP contribution in [0.5, 0.6) is 0 Å². The molecule has 19 heavy (non-hydrogen) atoms. The van der Waals surface area contributed by atoms with Gasteiger partial charge < -0.3 is 0 Å². The summed E-state index contributed by atoms with van der Waals surface area (Å²) in [6.45, 7) is 0. The van der Waals surface area contributed by atoms with Gasteiger partial charge in [0.2, 0.25) is 11.0 Å². The van der Waals surface area contributed by atoms with Gasteiger partial charge in [-0.15, -0.1) is 5.10 Å². The van der Waals surface area contributed by atoms with Crippen LogP contribution in [0.3, 0.4) is 0 Å². The molecule has 0 fully saturated rings. The second kappa shape index (κ2) is 5.38. The Labute approximate surface area is 114 Å². The van der Waals surface area contributed by atoms with E-state index in [1.54, 1.807) is 5.10 Å². The first-order valence-electron chi connectivity index (χ1n) is 4.93. The lowest BCUT2D eigenvalue weighted by atomic mass is 10.2. The molecule has 0 saturated carbocycles. The normalized spacial score (nSPS) is 11.8. The molecule has 102 valence electrons. The number of thioether (sulfide) groups is 1. The maximum Gasteiger partial charge on any atom is 0.451 e. The van der Waals surface area contributed by atoms with Crippen LogP contribution in [0.25, 0.3) is 0 Å². The number of H-pyrrole nitrogens is 1. The monoisotopic (exact) mass is 311 g/mol. The Balaban J connectivity index is 2.09. The fourth-order valence-corrected chi connectivity index (χ4v) is 2.39. The van der Waals surface area contributed by atoms with Gasteiger partial charge in [-0.05, 0) is 12.1 Å². The molecule has 1 aromatic carbocycles. The zero-order valence-electron chi connectivity index (χ0n) is 9.13. The summed E-state index contributed by atoms with van der Waals surface area (Å²) in [6.07, 6.45) is -4.58. The zero-order valence-corrected chi connectivity index (χ0v) is 10.7. The molecule has 1 aromatic heterocycles. The molecule has 0 aliphatic carbocycles. The topological polar surface area (TPSA) is 41.6 Å². The molecule has 0 aliphatic heterocycles. The van der Waals surface area contributed by atoms with Crippen LogP contribution in [-0.4, -0.2) is 15.2 Å². The van der Waals surface area contributed by atoms with Crippen molar-refractivity contribution in [3.05, 3.63) is 40.4 Å². The largest absolute Gasteiger partial charge is 0.451 e. The minimum absolute atomic E-state index is 0.0423. The summed E-state index contributed by atoms with van der Waals surface area (Å²) < 4.78 is 50.2. The number of aromatic amines is 1. The molecule has 1 heterocycles. The fourth-order valence-electron chi connectivity index (χ4n) is 1.24. The Morgan fingerprint density at radius 3 is 2.63 bits per heavy atom. The summed E-state index contributed by atoms with van der Waals surface area (Å²) in [4.78, 5) is 3.26. The van der Waals surface area contributed by atoms with Crippen molar-refractivity contribution in [2.24, 2.45) is 0 Å². The number of aromatic nitrogens is 3. The molecule has 0 saturated heterocycles. The van der Waals surface area contributed by atoms with Crippen LogP contribution in [0.2, 0.25) is 5.02 Å². The number of benzene rings is 1. The zero-order chi connectivity index (χ0) is 14.0. The van der Waals surface area contributed by atoms with Crippen molar-refractivity contribution >= 4 is 23.4 Å². The van der Waals surface area contributed by atoms with E-state index in [9.17, 15) is 17.6 Å². The van der Waals surface area contributed by atoms with E-state index in [2.05, 4.69) is 10.1 Å². The summed E-state index contributed by atoms with van der Waals surface area (Å²) in [6, 6.07) is 4.17. The number of rotatable bonds is 3. The minimum atomic E-state index is -4.58. The Bertz CT molecular complexity index is 564. The number of hydrogen-bond donors (Lipinski definition) is 1. The molecule has 0 radical (unpaired) electrons. The average Bonchev–Trinajstić information content (AvgIpc) is 2.77. The van der Waals surface area contributed by atoms with E-state index in [4.69, 9.17) is 11.6 Å². The van der Waals surface area contributed by atoms with Gasteiger partial charge in [-0.1, -0.05) is 29.4 Å². The van der Waals surface area contributed by atoms with E-state index in [0.29, 0.717) is 0 Å². The first kappa shape index (κ1) is 14.1. The van der Waals surface area contributed by atoms with E-state index >= 15 is 0 Å². The predicted octanol–water partition coefficient (Wildman–Crippen LogP) is 3.91. The van der Waals surface area contributed by atoms with E-state index in [1.165, 1.54) is 18.2 Å². The van der Waals surface area contributed by atoms with Crippen LogP contribution >= 0.6 is 23.4 Å². The Hall–Kier alpha value is -1.28. The second-order valence-electron chi connectivity index (χ2n) is 3.45. The Kier molecular flexibility index (Phi) is 4.00. The van der Waals surface area contributed by atoms with E-state index < -0.39 is 17.8 Å². The summed E-state index contributed by atoms with van der Waals surface area (Å²) in [7, 11) is 0. The molecule has 0 amide bonds. The van der Waals surface area contributed by atoms with Gasteiger partial charge in [-0.25, -0.2) is 4.39 Å². The first-order chi connectivity index (χ1) is 8.88. The predicted molar refractivity (Wildman–Crippen MR) is 62.4 cm³/mol. The molecule has 2 aromatic rings. The van der Waals surface area contributed by atoms with Gasteiger partial charge in [0.15, 0.2) is 0 Å². The number of alkyl halides is 3. The van der Waals surface area contributed by atoms with Crippen molar-refractivity contribution in [3.8, 4) is 0 Å². The number of hydrogen-bond acceptors (Lipinski definition) is 3. The highest BCUT2D eigenvalue weighted by Crippen LogP contribution is 2.30. The van der Waals surface area contributed by atoms with Gasteiger partial charge in [-0.2, -0.15) is 18.2 Å². The van der Waals surface area contributed by atoms with Gasteiger partial charge in [0.05, 0.1) is 0 Å². The number of nitrogens with one attached hydrogen (secondary N) is 1. The maximum atomic E-state index is 13.4. The van der Waals surface area contributed by atoms with E-state index in [-0.39, 0.29) is 21.5 Å². The molecule has 9 heteroatoms. The number of nitrogens with zero attached hydrogens (tertiary/aromatic N) is 2. The molecular weight excluding hydrogens is 306 g/mol. The lowest BCUT2D eigenvalue weighted by Gasteiger charge is -2.03. The Morgan fingerprint density at radius 1 is 1.32 bits per heavy atom. The number of halogens is 5. The summed E-state index contributed by atoms with van der Waals surface area (Å²) in [5, 5.41) is 5.26. The van der Waals surface area contributed by atoms with Crippen molar-refractivity contribution < 1.29 is 17.6 Å². The highest BCUT2D eigenvalue weighted by atomic mass is 35.5. The van der Waals surface area contributed by atoms with Crippen LogP contribution in [0.1, 0.15) is 11.4 Å². The van der Waals surface area contributed by atoms with Crippen molar-refractivity contribution in [2.45, 2.75) is 17.1 Å². The third-order valence-corrected chi connectivity index (χ3v) is 3.37. The highest BCUT2D eigenvalue weighted by molar-refractivity contribution is 7.98. The first-order valence-corrected chi connectivity index (χ1v) is 6.29. The summed E-state index contributed by atoms with van der Waals surface area (Å²) in [5.74, 6) is -1.66. The standard InChI is InChI=1S/C10H6ClF4N3S/c11-6-2-1-3-7(12)5(6)4-19-9-16-8(17-18-9)10(13,14)15/h1-3H,4H2,(H,16,17,18). The SMILES string of the molecule is Fc1cccc(Cl)c1CSc1n[nH]c(C(F)(F)F)n1. The molecule has 0 bridgehead atoms. The average molecular weight is 312 g/mol. The Morgan fingerprint density at radius 2 is 2.05 bits per heavy atom. The lowest BCUT2D eigenvalue weighted by molar-refractivity contribution is -0.144. The molecule has 1 N–H and O–H groups in total. The van der Waals surface area contributed by atoms with E-state index in [1.807, 2.05) is 0 Å². The van der Waals surface area contributed by atoms with Gasteiger partial charge in [-0.3, -0.25) is 5.10 Å². The minimum Gasteiger partial charge on any atom is -0.254 e. The van der Waals surface area contributed by atoms with Gasteiger partial charge in [0.25, 0.3) is 0 Å². The van der Waals surface area contributed by atoms with Gasteiger partial charge in [0, 0.05) is 16.3 Å². The highest BCUT2D eigenvalue weighted by Gasteiger charge is 2.35. The van der Waals surface area contributed by atoms with Crippen molar-refractivity contribution in [1.82, 2.24) is 15.2 Å². The van der Waals surface area contributed by atoms with Crippen LogP contribution < -0.4 is 0 Å². The third kappa shape index (κ3) is 3.38. The fraction of sp³-hybridized carbons (Fsp3) is 0.200. The van der Waals surface area contributed by atoms with Gasteiger partial charge >= 0.3 is 6.18 Å². The van der Waals surface area contributed by atoms with Crippen LogP contribution in [0.15, 0.2) is 23.4 Å². The summed E-state index contributed by atoms with van der Waals surface area (Å²) >= 11 is 6.65. The van der Waals surface area contributed by atoms with Gasteiger partial charge in [0.1, 0.15) is 5.82 Å². The van der Waals surface area contributed by atoms with Crippen molar-refractivity contribution in [1.29, 1.82) is 0 Å². The summed E-state index contributed by atoms with van der Waals surface area (Å²) in [5.41, 5.74) is 0.201. The molecular formula is C10H6ClF4N3S. The maximum absolute atomic E-state index is 13.4. The van der Waals surface area contributed by atoms with Crippen LogP contribution in [0.4, 0.5) is 17.6 Å². The molecule has 0 aliphatic rings. The lowest BCUT2D eigenvalue weighted by Crippen LogP contribution is -2.07. The quantitative estimate of drug-likeness (QED) is 0.690. The second-order valence-corrected chi connectivity index (χ2v) is 4.80. The molecule has 0 spiro atoms. The van der Waals surface area contributed by atoms with Crippen molar-refractivity contribution in [3.63, 3.8) is 0 Å². The third-order valence-electron chi connectivity index (χ3n) is 2.14.